The van der Waals surface area contributed by atoms with Gasteiger partial charge in [0.15, 0.2) is 0 Å². The molecule has 0 amide bonds. The quantitative estimate of drug-likeness (QED) is 0.512. The molecule has 7 heteroatoms. The minimum Gasteiger partial charge on any atom is -0.469 e. The Kier molecular flexibility index (Phi) is 8.79. The summed E-state index contributed by atoms with van der Waals surface area (Å²) in [6.45, 7) is 3.77. The third-order valence-corrected chi connectivity index (χ3v) is 3.95. The molecule has 1 aromatic rings. The van der Waals surface area contributed by atoms with Crippen LogP contribution >= 0.6 is 23.2 Å². The maximum atomic E-state index is 11.6. The van der Waals surface area contributed by atoms with E-state index in [0.29, 0.717) is 34.3 Å². The molecule has 0 saturated carbocycles. The summed E-state index contributed by atoms with van der Waals surface area (Å²) in [6.07, 6.45) is 0.508. The standard InChI is InChI=1S/C17H21Cl2NO4/c1-4-24-17(22)8-11(2)20-12(10-16(21)23-3)9-13-14(18)6-5-7-15(13)19/h5-7,12H,4,8-10H2,1-3H3. The van der Waals surface area contributed by atoms with Gasteiger partial charge in [0.25, 0.3) is 0 Å². The average molecular weight is 374 g/mol. The lowest BCUT2D eigenvalue weighted by Gasteiger charge is -2.15. The van der Waals surface area contributed by atoms with Crippen molar-refractivity contribution in [2.45, 2.75) is 39.2 Å². The van der Waals surface area contributed by atoms with Crippen molar-refractivity contribution in [2.75, 3.05) is 13.7 Å². The van der Waals surface area contributed by atoms with E-state index in [-0.39, 0.29) is 18.8 Å². The zero-order valence-corrected chi connectivity index (χ0v) is 15.5. The normalized spacial score (nSPS) is 12.6. The van der Waals surface area contributed by atoms with E-state index >= 15 is 0 Å². The fourth-order valence-electron chi connectivity index (χ4n) is 2.18. The van der Waals surface area contributed by atoms with Crippen molar-refractivity contribution < 1.29 is 19.1 Å². The van der Waals surface area contributed by atoms with E-state index in [1.807, 2.05) is 0 Å². The molecule has 0 radical (unpaired) electrons. The van der Waals surface area contributed by atoms with Crippen LogP contribution in [0.25, 0.3) is 0 Å². The fourth-order valence-corrected chi connectivity index (χ4v) is 2.73. The van der Waals surface area contributed by atoms with Crippen LogP contribution in [0.3, 0.4) is 0 Å². The largest absolute Gasteiger partial charge is 0.469 e. The second-order valence-corrected chi connectivity index (χ2v) is 6.00. The molecule has 132 valence electrons. The number of esters is 2. The van der Waals surface area contributed by atoms with Crippen LogP contribution in [-0.2, 0) is 25.5 Å². The van der Waals surface area contributed by atoms with Crippen molar-refractivity contribution in [1.82, 2.24) is 0 Å². The van der Waals surface area contributed by atoms with Crippen LogP contribution in [0.5, 0.6) is 0 Å². The van der Waals surface area contributed by atoms with Gasteiger partial charge in [-0.25, -0.2) is 0 Å². The number of hydrogen-bond donors (Lipinski definition) is 0. The Labute approximate surface area is 151 Å². The molecule has 0 fully saturated rings. The highest BCUT2D eigenvalue weighted by Crippen LogP contribution is 2.27. The predicted molar refractivity (Wildman–Crippen MR) is 94.9 cm³/mol. The first-order valence-electron chi connectivity index (χ1n) is 7.56. The molecule has 0 aromatic heterocycles. The van der Waals surface area contributed by atoms with E-state index < -0.39 is 12.0 Å². The monoisotopic (exact) mass is 373 g/mol. The third kappa shape index (κ3) is 6.89. The lowest BCUT2D eigenvalue weighted by molar-refractivity contribution is -0.142. The Balaban J connectivity index is 2.95. The molecule has 0 heterocycles. The highest BCUT2D eigenvalue weighted by molar-refractivity contribution is 6.36. The molecule has 0 bridgehead atoms. The van der Waals surface area contributed by atoms with Crippen LogP contribution in [0.15, 0.2) is 23.2 Å². The van der Waals surface area contributed by atoms with Crippen LogP contribution in [0.1, 0.15) is 32.3 Å². The van der Waals surface area contributed by atoms with Crippen molar-refractivity contribution in [1.29, 1.82) is 0 Å². The van der Waals surface area contributed by atoms with E-state index in [1.54, 1.807) is 32.0 Å². The molecule has 1 rings (SSSR count). The molecule has 0 spiro atoms. The number of carbonyl (C=O) groups is 2. The lowest BCUT2D eigenvalue weighted by atomic mass is 10.0. The molecule has 0 aliphatic heterocycles. The third-order valence-electron chi connectivity index (χ3n) is 3.24. The summed E-state index contributed by atoms with van der Waals surface area (Å²) < 4.78 is 9.61. The van der Waals surface area contributed by atoms with Gasteiger partial charge in [-0.15, -0.1) is 0 Å². The van der Waals surface area contributed by atoms with Gasteiger partial charge in [0.1, 0.15) is 0 Å². The molecular weight excluding hydrogens is 353 g/mol. The number of halogens is 2. The lowest BCUT2D eigenvalue weighted by Crippen LogP contribution is -2.19. The zero-order valence-electron chi connectivity index (χ0n) is 14.0. The van der Waals surface area contributed by atoms with Crippen molar-refractivity contribution >= 4 is 40.9 Å². The first kappa shape index (κ1) is 20.5. The van der Waals surface area contributed by atoms with Gasteiger partial charge in [-0.05, 0) is 38.0 Å². The Morgan fingerprint density at radius 1 is 1.21 bits per heavy atom. The number of rotatable bonds is 8. The second-order valence-electron chi connectivity index (χ2n) is 5.18. The van der Waals surface area contributed by atoms with Crippen LogP contribution in [0, 0.1) is 0 Å². The van der Waals surface area contributed by atoms with E-state index in [0.717, 1.165) is 0 Å². The van der Waals surface area contributed by atoms with Gasteiger partial charge in [-0.1, -0.05) is 29.3 Å². The number of methoxy groups -OCH3 is 1. The highest BCUT2D eigenvalue weighted by atomic mass is 35.5. The van der Waals surface area contributed by atoms with E-state index in [1.165, 1.54) is 7.11 Å². The van der Waals surface area contributed by atoms with Crippen LogP contribution in [-0.4, -0.2) is 37.4 Å². The topological polar surface area (TPSA) is 65.0 Å². The molecule has 1 unspecified atom stereocenters. The van der Waals surface area contributed by atoms with Crippen LogP contribution < -0.4 is 0 Å². The summed E-state index contributed by atoms with van der Waals surface area (Å²) >= 11 is 12.4. The maximum absolute atomic E-state index is 11.6. The summed E-state index contributed by atoms with van der Waals surface area (Å²) in [5.41, 5.74) is 1.29. The van der Waals surface area contributed by atoms with Crippen LogP contribution in [0.2, 0.25) is 10.0 Å². The number of hydrogen-bond acceptors (Lipinski definition) is 5. The minimum atomic E-state index is -0.427. The molecule has 0 N–H and O–H groups in total. The van der Waals surface area contributed by atoms with E-state index in [9.17, 15) is 9.59 Å². The summed E-state index contributed by atoms with van der Waals surface area (Å²) in [7, 11) is 1.32. The summed E-state index contributed by atoms with van der Waals surface area (Å²) in [5.74, 6) is -0.748. The number of carbonyl (C=O) groups excluding carboxylic acids is 2. The Bertz CT molecular complexity index is 596. The maximum Gasteiger partial charge on any atom is 0.311 e. The first-order chi connectivity index (χ1) is 11.4. The van der Waals surface area contributed by atoms with Gasteiger partial charge in [0, 0.05) is 15.8 Å². The Morgan fingerprint density at radius 3 is 2.38 bits per heavy atom. The van der Waals surface area contributed by atoms with E-state index in [4.69, 9.17) is 32.7 Å². The number of aliphatic imine (C=N–C) groups is 1. The average Bonchev–Trinajstić information content (AvgIpc) is 2.50. The Hall–Kier alpha value is -1.59. The van der Waals surface area contributed by atoms with Gasteiger partial charge in [0.2, 0.25) is 0 Å². The molecule has 24 heavy (non-hydrogen) atoms. The summed E-state index contributed by atoms with van der Waals surface area (Å²) in [6, 6.07) is 4.78. The second kappa shape index (κ2) is 10.3. The fraction of sp³-hybridized carbons (Fsp3) is 0.471. The molecular formula is C17H21Cl2NO4. The van der Waals surface area contributed by atoms with Gasteiger partial charge >= 0.3 is 11.9 Å². The van der Waals surface area contributed by atoms with Gasteiger partial charge in [-0.3, -0.25) is 14.6 Å². The smallest absolute Gasteiger partial charge is 0.311 e. The molecule has 0 aliphatic carbocycles. The van der Waals surface area contributed by atoms with Crippen LogP contribution in [0.4, 0.5) is 0 Å². The van der Waals surface area contributed by atoms with Crippen molar-refractivity contribution in [3.8, 4) is 0 Å². The molecule has 1 aromatic carbocycles. The van der Waals surface area contributed by atoms with E-state index in [2.05, 4.69) is 4.99 Å². The van der Waals surface area contributed by atoms with Gasteiger partial charge in [0.05, 0.1) is 32.6 Å². The highest BCUT2D eigenvalue weighted by Gasteiger charge is 2.18. The minimum absolute atomic E-state index is 0.0677. The van der Waals surface area contributed by atoms with Crippen molar-refractivity contribution in [3.05, 3.63) is 33.8 Å². The van der Waals surface area contributed by atoms with Crippen molar-refractivity contribution in [3.63, 3.8) is 0 Å². The summed E-state index contributed by atoms with van der Waals surface area (Å²) in [4.78, 5) is 27.6. The van der Waals surface area contributed by atoms with Gasteiger partial charge < -0.3 is 9.47 Å². The number of ether oxygens (including phenoxy) is 2. The number of nitrogens with zero attached hydrogens (tertiary/aromatic N) is 1. The SMILES string of the molecule is CCOC(=O)CC(C)=NC(CC(=O)OC)Cc1c(Cl)cccc1Cl. The molecule has 0 aliphatic rings. The predicted octanol–water partition coefficient (Wildman–Crippen LogP) is 3.88. The molecule has 0 saturated heterocycles. The van der Waals surface area contributed by atoms with Crippen molar-refractivity contribution in [2.24, 2.45) is 4.99 Å². The number of benzene rings is 1. The molecule has 5 nitrogen and oxygen atoms in total. The molecule has 1 atom stereocenters. The Morgan fingerprint density at radius 2 is 1.83 bits per heavy atom. The van der Waals surface area contributed by atoms with Gasteiger partial charge in [-0.2, -0.15) is 0 Å². The zero-order chi connectivity index (χ0) is 18.1. The summed E-state index contributed by atoms with van der Waals surface area (Å²) in [5, 5.41) is 1.02. The first-order valence-corrected chi connectivity index (χ1v) is 8.31.